The molecular formula is C17H24N4O2S. The van der Waals surface area contributed by atoms with E-state index in [-0.39, 0.29) is 11.3 Å². The lowest BCUT2D eigenvalue weighted by molar-refractivity contribution is 0.0893. The molecule has 0 aromatic carbocycles. The minimum Gasteiger partial charge on any atom is -0.455 e. The number of thioether (sulfide) groups is 1. The quantitative estimate of drug-likeness (QED) is 0.785. The summed E-state index contributed by atoms with van der Waals surface area (Å²) in [6.07, 6.45) is 5.84. The SMILES string of the molecule is Cn1ccnc1SCc1ccc(C(=O)NCC2(C)CCNCC2)o1. The number of nitrogens with zero attached hydrogens (tertiary/aromatic N) is 2. The molecule has 6 nitrogen and oxygen atoms in total. The van der Waals surface area contributed by atoms with Crippen molar-refractivity contribution >= 4 is 17.7 Å². The molecule has 0 saturated carbocycles. The number of hydrogen-bond donors (Lipinski definition) is 2. The van der Waals surface area contributed by atoms with E-state index in [0.29, 0.717) is 18.1 Å². The van der Waals surface area contributed by atoms with Gasteiger partial charge in [-0.2, -0.15) is 0 Å². The number of aromatic nitrogens is 2. The molecule has 24 heavy (non-hydrogen) atoms. The highest BCUT2D eigenvalue weighted by Gasteiger charge is 2.27. The molecule has 130 valence electrons. The van der Waals surface area contributed by atoms with Gasteiger partial charge in [0.05, 0.1) is 5.75 Å². The lowest BCUT2D eigenvalue weighted by Gasteiger charge is -2.33. The summed E-state index contributed by atoms with van der Waals surface area (Å²) in [6.45, 7) is 4.94. The Hall–Kier alpha value is -1.73. The second-order valence-corrected chi connectivity index (χ2v) is 7.56. The molecule has 3 heterocycles. The summed E-state index contributed by atoms with van der Waals surface area (Å²) >= 11 is 1.59. The molecule has 1 amide bonds. The van der Waals surface area contributed by atoms with Crippen molar-refractivity contribution in [1.29, 1.82) is 0 Å². The van der Waals surface area contributed by atoms with Gasteiger partial charge in [0.2, 0.25) is 0 Å². The first-order valence-electron chi connectivity index (χ1n) is 8.23. The zero-order chi connectivity index (χ0) is 17.0. The zero-order valence-corrected chi connectivity index (χ0v) is 15.0. The largest absolute Gasteiger partial charge is 0.455 e. The molecule has 1 saturated heterocycles. The van der Waals surface area contributed by atoms with Crippen LogP contribution in [0.1, 0.15) is 36.1 Å². The van der Waals surface area contributed by atoms with Gasteiger partial charge in [0.1, 0.15) is 5.76 Å². The van der Waals surface area contributed by atoms with Gasteiger partial charge >= 0.3 is 0 Å². The Balaban J connectivity index is 1.51. The number of carbonyl (C=O) groups excluding carboxylic acids is 1. The first-order valence-corrected chi connectivity index (χ1v) is 9.22. The molecule has 2 aromatic rings. The monoisotopic (exact) mass is 348 g/mol. The number of aryl methyl sites for hydroxylation is 1. The number of amides is 1. The molecule has 0 atom stereocenters. The highest BCUT2D eigenvalue weighted by Crippen LogP contribution is 2.27. The molecule has 7 heteroatoms. The van der Waals surface area contributed by atoms with Gasteiger partial charge in [0, 0.05) is 26.0 Å². The molecule has 0 spiro atoms. The van der Waals surface area contributed by atoms with Crippen LogP contribution in [0.2, 0.25) is 0 Å². The summed E-state index contributed by atoms with van der Waals surface area (Å²) in [6, 6.07) is 3.60. The van der Waals surface area contributed by atoms with Crippen LogP contribution in [0.3, 0.4) is 0 Å². The van der Waals surface area contributed by atoms with Crippen LogP contribution < -0.4 is 10.6 Å². The van der Waals surface area contributed by atoms with Gasteiger partial charge in [-0.1, -0.05) is 18.7 Å². The van der Waals surface area contributed by atoms with Gasteiger partial charge < -0.3 is 19.6 Å². The molecule has 3 rings (SSSR count). The van der Waals surface area contributed by atoms with Crippen LogP contribution in [0, 0.1) is 5.41 Å². The highest BCUT2D eigenvalue weighted by molar-refractivity contribution is 7.98. The average Bonchev–Trinajstić information content (AvgIpc) is 3.20. The number of hydrogen-bond acceptors (Lipinski definition) is 5. The number of furan rings is 1. The van der Waals surface area contributed by atoms with Crippen molar-refractivity contribution in [2.75, 3.05) is 19.6 Å². The summed E-state index contributed by atoms with van der Waals surface area (Å²) in [7, 11) is 1.96. The Morgan fingerprint density at radius 1 is 1.46 bits per heavy atom. The summed E-state index contributed by atoms with van der Waals surface area (Å²) in [5.74, 6) is 1.67. The fraction of sp³-hybridized carbons (Fsp3) is 0.529. The molecule has 0 unspecified atom stereocenters. The fourth-order valence-corrected chi connectivity index (χ4v) is 3.62. The molecule has 2 N–H and O–H groups in total. The standard InChI is InChI=1S/C17H24N4O2S/c1-17(5-7-18-8-6-17)12-20-15(22)14-4-3-13(23-14)11-24-16-19-9-10-21(16)2/h3-4,9-10,18H,5-8,11-12H2,1-2H3,(H,20,22). The molecule has 0 bridgehead atoms. The highest BCUT2D eigenvalue weighted by atomic mass is 32.2. The molecule has 1 aliphatic rings. The Bertz CT molecular complexity index is 688. The second-order valence-electron chi connectivity index (χ2n) is 6.62. The van der Waals surface area contributed by atoms with Crippen LogP contribution in [-0.4, -0.2) is 35.1 Å². The number of rotatable bonds is 6. The normalized spacial score (nSPS) is 16.9. The number of piperidine rings is 1. The maximum atomic E-state index is 12.3. The molecule has 0 aliphatic carbocycles. The molecule has 1 fully saturated rings. The van der Waals surface area contributed by atoms with Crippen molar-refractivity contribution in [3.63, 3.8) is 0 Å². The number of carbonyl (C=O) groups is 1. The summed E-state index contributed by atoms with van der Waals surface area (Å²) in [4.78, 5) is 16.5. The predicted molar refractivity (Wildman–Crippen MR) is 94.0 cm³/mol. The van der Waals surface area contributed by atoms with E-state index < -0.39 is 0 Å². The van der Waals surface area contributed by atoms with Crippen LogP contribution in [0.25, 0.3) is 0 Å². The van der Waals surface area contributed by atoms with Crippen molar-refractivity contribution in [3.8, 4) is 0 Å². The van der Waals surface area contributed by atoms with Crippen LogP contribution in [0.4, 0.5) is 0 Å². The molecular weight excluding hydrogens is 324 g/mol. The van der Waals surface area contributed by atoms with Crippen LogP contribution in [0.15, 0.2) is 34.1 Å². The van der Waals surface area contributed by atoms with Crippen molar-refractivity contribution in [2.24, 2.45) is 12.5 Å². The van der Waals surface area contributed by atoms with E-state index in [2.05, 4.69) is 22.5 Å². The van der Waals surface area contributed by atoms with Gasteiger partial charge in [-0.25, -0.2) is 4.98 Å². The Kier molecular flexibility index (Phi) is 5.30. The molecule has 2 aromatic heterocycles. The van der Waals surface area contributed by atoms with Gasteiger partial charge in [-0.15, -0.1) is 0 Å². The topological polar surface area (TPSA) is 72.1 Å². The zero-order valence-electron chi connectivity index (χ0n) is 14.2. The minimum absolute atomic E-state index is 0.136. The molecule has 1 aliphatic heterocycles. The lowest BCUT2D eigenvalue weighted by atomic mass is 9.81. The third kappa shape index (κ3) is 4.21. The van der Waals surface area contributed by atoms with E-state index in [1.807, 2.05) is 23.9 Å². The molecule has 0 radical (unpaired) electrons. The van der Waals surface area contributed by atoms with E-state index in [1.54, 1.807) is 24.0 Å². The van der Waals surface area contributed by atoms with Crippen LogP contribution in [0.5, 0.6) is 0 Å². The van der Waals surface area contributed by atoms with Gasteiger partial charge in [0.25, 0.3) is 5.91 Å². The lowest BCUT2D eigenvalue weighted by Crippen LogP contribution is -2.42. The van der Waals surface area contributed by atoms with Crippen molar-refractivity contribution in [2.45, 2.75) is 30.7 Å². The smallest absolute Gasteiger partial charge is 0.287 e. The Labute approximate surface area is 146 Å². The van der Waals surface area contributed by atoms with Gasteiger partial charge in [-0.3, -0.25) is 4.79 Å². The van der Waals surface area contributed by atoms with Crippen molar-refractivity contribution < 1.29 is 9.21 Å². The summed E-state index contributed by atoms with van der Waals surface area (Å²) < 4.78 is 7.63. The number of imidazole rings is 1. The van der Waals surface area contributed by atoms with E-state index in [0.717, 1.165) is 36.8 Å². The first-order chi connectivity index (χ1) is 11.6. The van der Waals surface area contributed by atoms with Crippen molar-refractivity contribution in [1.82, 2.24) is 20.2 Å². The third-order valence-corrected chi connectivity index (χ3v) is 5.57. The Morgan fingerprint density at radius 2 is 2.25 bits per heavy atom. The Morgan fingerprint density at radius 3 is 2.96 bits per heavy atom. The number of nitrogens with one attached hydrogen (secondary N) is 2. The first kappa shape index (κ1) is 17.1. The maximum Gasteiger partial charge on any atom is 0.287 e. The van der Waals surface area contributed by atoms with Gasteiger partial charge in [0.15, 0.2) is 10.9 Å². The van der Waals surface area contributed by atoms with E-state index >= 15 is 0 Å². The maximum absolute atomic E-state index is 12.3. The van der Waals surface area contributed by atoms with E-state index in [9.17, 15) is 4.79 Å². The average molecular weight is 348 g/mol. The fourth-order valence-electron chi connectivity index (χ4n) is 2.79. The van der Waals surface area contributed by atoms with Crippen LogP contribution in [-0.2, 0) is 12.8 Å². The summed E-state index contributed by atoms with van der Waals surface area (Å²) in [5.41, 5.74) is 0.171. The van der Waals surface area contributed by atoms with Crippen molar-refractivity contribution in [3.05, 3.63) is 36.0 Å². The van der Waals surface area contributed by atoms with Gasteiger partial charge in [-0.05, 0) is 43.5 Å². The van der Waals surface area contributed by atoms with E-state index in [1.165, 1.54) is 0 Å². The van der Waals surface area contributed by atoms with E-state index in [4.69, 9.17) is 4.42 Å². The minimum atomic E-state index is -0.136. The van der Waals surface area contributed by atoms with Crippen LogP contribution >= 0.6 is 11.8 Å². The predicted octanol–water partition coefficient (Wildman–Crippen LogP) is 2.42. The third-order valence-electron chi connectivity index (χ3n) is 4.49. The summed E-state index contributed by atoms with van der Waals surface area (Å²) in [5, 5.41) is 7.30. The second kappa shape index (κ2) is 7.44.